The third kappa shape index (κ3) is 3.38. The van der Waals surface area contributed by atoms with Gasteiger partial charge in [0.05, 0.1) is 46.7 Å². The molecule has 5 aromatic rings. The maximum atomic E-state index is 12.9. The Morgan fingerprint density at radius 2 is 1.84 bits per heavy atom. The Morgan fingerprint density at radius 1 is 1.00 bits per heavy atom. The normalized spacial score (nSPS) is 11.5. The molecule has 0 radical (unpaired) electrons. The van der Waals surface area contributed by atoms with E-state index in [1.165, 1.54) is 0 Å². The van der Waals surface area contributed by atoms with Crippen LogP contribution in [0.1, 0.15) is 25.5 Å². The fourth-order valence-electron chi connectivity index (χ4n) is 3.65. The molecule has 5 rings (SSSR count). The number of nitrogens with zero attached hydrogens (tertiary/aromatic N) is 4. The second-order valence-electron chi connectivity index (χ2n) is 7.71. The minimum atomic E-state index is -0.270. The van der Waals surface area contributed by atoms with E-state index in [-0.39, 0.29) is 11.5 Å². The van der Waals surface area contributed by atoms with Gasteiger partial charge in [0.15, 0.2) is 0 Å². The zero-order valence-corrected chi connectivity index (χ0v) is 18.4. The van der Waals surface area contributed by atoms with Gasteiger partial charge in [-0.1, -0.05) is 25.4 Å². The largest absolute Gasteiger partial charge is 0.496 e. The second-order valence-corrected chi connectivity index (χ2v) is 8.09. The van der Waals surface area contributed by atoms with Gasteiger partial charge < -0.3 is 14.7 Å². The third-order valence-corrected chi connectivity index (χ3v) is 5.52. The van der Waals surface area contributed by atoms with Gasteiger partial charge in [-0.3, -0.25) is 14.8 Å². The first-order valence-corrected chi connectivity index (χ1v) is 10.4. The van der Waals surface area contributed by atoms with Gasteiger partial charge in [0, 0.05) is 35.6 Å². The molecule has 0 fully saturated rings. The fraction of sp³-hybridized carbons (Fsp3) is 0.174. The molecule has 0 spiro atoms. The lowest BCUT2D eigenvalue weighted by atomic mass is 10.0. The van der Waals surface area contributed by atoms with Crippen LogP contribution < -0.4 is 10.3 Å². The van der Waals surface area contributed by atoms with Gasteiger partial charge in [0.25, 0.3) is 5.56 Å². The van der Waals surface area contributed by atoms with Gasteiger partial charge in [-0.2, -0.15) is 0 Å². The van der Waals surface area contributed by atoms with E-state index in [9.17, 15) is 4.79 Å². The van der Waals surface area contributed by atoms with Gasteiger partial charge in [-0.25, -0.2) is 9.97 Å². The van der Waals surface area contributed by atoms with Crippen LogP contribution >= 0.6 is 11.6 Å². The number of aromatic nitrogens is 6. The zero-order chi connectivity index (χ0) is 22.4. The fourth-order valence-corrected chi connectivity index (χ4v) is 3.80. The Hall–Kier alpha value is -3.78. The van der Waals surface area contributed by atoms with Crippen LogP contribution in [0.25, 0.3) is 44.6 Å². The average Bonchev–Trinajstić information content (AvgIpc) is 3.20. The molecule has 5 heterocycles. The van der Waals surface area contributed by atoms with Crippen molar-refractivity contribution in [2.75, 3.05) is 7.11 Å². The van der Waals surface area contributed by atoms with Gasteiger partial charge in [0.2, 0.25) is 0 Å². The van der Waals surface area contributed by atoms with E-state index in [2.05, 4.69) is 43.8 Å². The van der Waals surface area contributed by atoms with E-state index >= 15 is 0 Å². The van der Waals surface area contributed by atoms with E-state index in [0.29, 0.717) is 44.5 Å². The van der Waals surface area contributed by atoms with Crippen LogP contribution in [0, 0.1) is 0 Å². The van der Waals surface area contributed by atoms with Gasteiger partial charge >= 0.3 is 0 Å². The molecule has 32 heavy (non-hydrogen) atoms. The summed E-state index contributed by atoms with van der Waals surface area (Å²) in [5.74, 6) is 1.35. The lowest BCUT2D eigenvalue weighted by Gasteiger charge is -2.13. The molecule has 0 aliphatic heterocycles. The Balaban J connectivity index is 1.73. The highest BCUT2D eigenvalue weighted by molar-refractivity contribution is 6.29. The highest BCUT2D eigenvalue weighted by Crippen LogP contribution is 2.34. The number of nitrogens with one attached hydrogen (secondary N) is 2. The molecule has 0 bridgehead atoms. The maximum Gasteiger partial charge on any atom is 0.259 e. The lowest BCUT2D eigenvalue weighted by molar-refractivity contribution is 0.414. The van der Waals surface area contributed by atoms with Crippen molar-refractivity contribution in [3.05, 3.63) is 64.1 Å². The molecule has 8 nitrogen and oxygen atoms in total. The quantitative estimate of drug-likeness (QED) is 0.387. The second kappa shape index (κ2) is 7.72. The first-order valence-electron chi connectivity index (χ1n) is 10.0. The summed E-state index contributed by atoms with van der Waals surface area (Å²) in [6, 6.07) is 7.10. The SMILES string of the molecule is COc1cc(C(C)C)ncc1-c1nccc2[nH]c(=O)c(-c3nc4cc(Cl)ncc4[nH]3)cc12. The Labute approximate surface area is 187 Å². The highest BCUT2D eigenvalue weighted by atomic mass is 35.5. The van der Waals surface area contributed by atoms with Crippen LogP contribution in [-0.2, 0) is 0 Å². The van der Waals surface area contributed by atoms with E-state index < -0.39 is 0 Å². The monoisotopic (exact) mass is 446 g/mol. The summed E-state index contributed by atoms with van der Waals surface area (Å²) in [6.45, 7) is 4.15. The molecule has 0 saturated heterocycles. The highest BCUT2D eigenvalue weighted by Gasteiger charge is 2.17. The van der Waals surface area contributed by atoms with Crippen LogP contribution in [0.5, 0.6) is 5.75 Å². The van der Waals surface area contributed by atoms with Gasteiger partial charge in [-0.05, 0) is 18.1 Å². The van der Waals surface area contributed by atoms with Crippen LogP contribution in [0.3, 0.4) is 0 Å². The summed E-state index contributed by atoms with van der Waals surface area (Å²) >= 11 is 5.97. The molecule has 0 saturated carbocycles. The smallest absolute Gasteiger partial charge is 0.259 e. The van der Waals surface area contributed by atoms with Crippen molar-refractivity contribution < 1.29 is 4.74 Å². The number of halogens is 1. The predicted octanol–water partition coefficient (Wildman–Crippen LogP) is 4.71. The van der Waals surface area contributed by atoms with Gasteiger partial charge in [-0.15, -0.1) is 0 Å². The van der Waals surface area contributed by atoms with E-state index in [0.717, 1.165) is 16.6 Å². The maximum absolute atomic E-state index is 12.9. The molecule has 0 aromatic carbocycles. The number of H-pyrrole nitrogens is 2. The van der Waals surface area contributed by atoms with E-state index in [1.807, 2.05) is 6.07 Å². The molecule has 0 atom stereocenters. The van der Waals surface area contributed by atoms with Crippen molar-refractivity contribution in [3.8, 4) is 28.4 Å². The summed E-state index contributed by atoms with van der Waals surface area (Å²) in [4.78, 5) is 36.7. The van der Waals surface area contributed by atoms with E-state index in [4.69, 9.17) is 16.3 Å². The van der Waals surface area contributed by atoms with Crippen LogP contribution in [0.4, 0.5) is 0 Å². The molecule has 2 N–H and O–H groups in total. The summed E-state index contributed by atoms with van der Waals surface area (Å²) in [5, 5.41) is 1.08. The number of methoxy groups -OCH3 is 1. The van der Waals surface area contributed by atoms with Crippen molar-refractivity contribution in [1.29, 1.82) is 0 Å². The van der Waals surface area contributed by atoms with Crippen molar-refractivity contribution in [2.24, 2.45) is 0 Å². The molecule has 0 aliphatic carbocycles. The minimum Gasteiger partial charge on any atom is -0.496 e. The number of pyridine rings is 4. The first kappa shape index (κ1) is 20.1. The first-order chi connectivity index (χ1) is 15.4. The molecular weight excluding hydrogens is 428 g/mol. The topological polar surface area (TPSA) is 109 Å². The molecular formula is C23H19ClN6O2. The third-order valence-electron chi connectivity index (χ3n) is 5.31. The Kier molecular flexibility index (Phi) is 4.86. The van der Waals surface area contributed by atoms with Crippen LogP contribution in [0.15, 0.2) is 47.7 Å². The molecule has 160 valence electrons. The lowest BCUT2D eigenvalue weighted by Crippen LogP contribution is -2.10. The summed E-state index contributed by atoms with van der Waals surface area (Å²) in [6.07, 6.45) is 5.00. The predicted molar refractivity (Wildman–Crippen MR) is 124 cm³/mol. The number of hydrogen-bond acceptors (Lipinski definition) is 6. The van der Waals surface area contributed by atoms with Crippen molar-refractivity contribution in [1.82, 2.24) is 29.9 Å². The average molecular weight is 447 g/mol. The van der Waals surface area contributed by atoms with Crippen LogP contribution in [-0.4, -0.2) is 37.0 Å². The summed E-state index contributed by atoms with van der Waals surface area (Å²) < 4.78 is 5.64. The van der Waals surface area contributed by atoms with E-state index in [1.54, 1.807) is 43.9 Å². The number of aromatic amines is 2. The Bertz CT molecular complexity index is 1540. The molecule has 5 aromatic heterocycles. The molecule has 0 aliphatic rings. The number of fused-ring (bicyclic) bond motifs is 2. The number of rotatable bonds is 4. The summed E-state index contributed by atoms with van der Waals surface area (Å²) in [5.41, 5.74) is 4.39. The minimum absolute atomic E-state index is 0.262. The standard InChI is InChI=1S/C23H19ClN6O2/c1-11(2)16-7-19(32-3)14(9-26-16)21-12-6-13(23(31)30-15(12)4-5-25-21)22-28-17-8-20(24)27-10-18(17)29-22/h4-11H,1-3H3,(H,28,29)(H,30,31). The zero-order valence-electron chi connectivity index (χ0n) is 17.6. The number of ether oxygens (including phenoxy) is 1. The molecule has 0 amide bonds. The van der Waals surface area contributed by atoms with Crippen molar-refractivity contribution in [3.63, 3.8) is 0 Å². The van der Waals surface area contributed by atoms with Gasteiger partial charge in [0.1, 0.15) is 16.7 Å². The van der Waals surface area contributed by atoms with Crippen LogP contribution in [0.2, 0.25) is 5.15 Å². The Morgan fingerprint density at radius 3 is 2.62 bits per heavy atom. The molecule has 9 heteroatoms. The van der Waals surface area contributed by atoms with Crippen molar-refractivity contribution >= 4 is 33.5 Å². The summed E-state index contributed by atoms with van der Waals surface area (Å²) in [7, 11) is 1.62. The number of hydrogen-bond donors (Lipinski definition) is 2. The van der Waals surface area contributed by atoms with Crippen molar-refractivity contribution in [2.45, 2.75) is 19.8 Å². The number of imidazole rings is 1. The molecule has 0 unspecified atom stereocenters.